The van der Waals surface area contributed by atoms with Gasteiger partial charge in [-0.25, -0.2) is 18.2 Å². The second-order valence-electron chi connectivity index (χ2n) is 12.9. The Kier molecular flexibility index (Phi) is 10.9. The maximum Gasteiger partial charge on any atom is 0.491 e. The Morgan fingerprint density at radius 1 is 1.06 bits per heavy atom. The van der Waals surface area contributed by atoms with Crippen LogP contribution in [0, 0.1) is 6.92 Å². The van der Waals surface area contributed by atoms with Crippen molar-refractivity contribution in [2.75, 3.05) is 24.7 Å². The summed E-state index contributed by atoms with van der Waals surface area (Å²) in [6.45, 7) is 6.62. The average molecular weight is 743 g/mol. The minimum atomic E-state index is -5.52. The molecule has 11 nitrogen and oxygen atoms in total. The molecule has 3 aromatic carbocycles. The van der Waals surface area contributed by atoms with Crippen molar-refractivity contribution in [2.24, 2.45) is 0 Å². The van der Waals surface area contributed by atoms with Gasteiger partial charge in [0.1, 0.15) is 5.82 Å². The van der Waals surface area contributed by atoms with Gasteiger partial charge in [-0.15, -0.1) is 0 Å². The van der Waals surface area contributed by atoms with Crippen LogP contribution in [0.2, 0.25) is 0 Å². The summed E-state index contributed by atoms with van der Waals surface area (Å²) in [5.41, 5.74) is 3.76. The van der Waals surface area contributed by atoms with Gasteiger partial charge in [-0.2, -0.15) is 13.2 Å². The highest BCUT2D eigenvalue weighted by atomic mass is 32.2. The molecule has 1 aliphatic rings. The van der Waals surface area contributed by atoms with Crippen molar-refractivity contribution < 1.29 is 45.4 Å². The number of esters is 1. The van der Waals surface area contributed by atoms with Gasteiger partial charge in [-0.05, 0) is 99.5 Å². The van der Waals surface area contributed by atoms with Crippen LogP contribution in [0.15, 0.2) is 71.8 Å². The van der Waals surface area contributed by atoms with Crippen LogP contribution in [0.25, 0.3) is 10.8 Å². The number of alkyl halides is 3. The number of ether oxygens (including phenoxy) is 3. The fraction of sp³-hybridized carbons (Fsp3) is 0.378. The van der Waals surface area contributed by atoms with E-state index in [0.29, 0.717) is 29.2 Å². The first-order valence-electron chi connectivity index (χ1n) is 16.7. The summed E-state index contributed by atoms with van der Waals surface area (Å²) in [5.74, 6) is -3.28. The Hall–Kier alpha value is -5.05. The van der Waals surface area contributed by atoms with Crippen LogP contribution in [-0.4, -0.2) is 61.4 Å². The lowest BCUT2D eigenvalue weighted by Gasteiger charge is -2.38. The highest BCUT2D eigenvalue weighted by Gasteiger charge is 2.53. The molecule has 4 aromatic rings. The third kappa shape index (κ3) is 7.73. The van der Waals surface area contributed by atoms with Crippen LogP contribution in [0.1, 0.15) is 56.7 Å². The van der Waals surface area contributed by atoms with E-state index >= 15 is 0 Å². The van der Waals surface area contributed by atoms with Gasteiger partial charge in [0.05, 0.1) is 22.9 Å². The summed E-state index contributed by atoms with van der Waals surface area (Å²) < 4.78 is 86.4. The second-order valence-corrected chi connectivity index (χ2v) is 15.1. The van der Waals surface area contributed by atoms with Gasteiger partial charge in [0, 0.05) is 36.4 Å². The predicted octanol–water partition coefficient (Wildman–Crippen LogP) is 6.67. The van der Waals surface area contributed by atoms with Crippen molar-refractivity contribution in [3.8, 4) is 11.5 Å². The zero-order chi connectivity index (χ0) is 38.0. The average Bonchev–Trinajstić information content (AvgIpc) is 3.04. The Morgan fingerprint density at radius 2 is 1.77 bits per heavy atom. The van der Waals surface area contributed by atoms with Crippen LogP contribution in [0.5, 0.6) is 11.5 Å². The largest absolute Gasteiger partial charge is 0.491 e. The lowest BCUT2D eigenvalue weighted by atomic mass is 9.97. The molecule has 1 atom stereocenters. The fourth-order valence-corrected chi connectivity index (χ4v) is 8.05. The number of hydrogen-bond acceptors (Lipinski definition) is 10. The molecule has 0 aliphatic heterocycles. The van der Waals surface area contributed by atoms with Gasteiger partial charge in [0.2, 0.25) is 0 Å². The van der Waals surface area contributed by atoms with Crippen LogP contribution >= 0.6 is 0 Å². The number of hydrogen-bond donors (Lipinski definition) is 2. The van der Waals surface area contributed by atoms with E-state index < -0.39 is 38.9 Å². The molecule has 1 saturated carbocycles. The molecule has 1 fully saturated rings. The maximum atomic E-state index is 14.9. The van der Waals surface area contributed by atoms with Crippen LogP contribution < -0.4 is 20.5 Å². The topological polar surface area (TPSA) is 150 Å². The number of nitrogen functional groups attached to an aromatic ring is 1. The lowest BCUT2D eigenvalue weighted by molar-refractivity contribution is -0.215. The standard InChI is InChI=1S/C37H41F3N4O7S/c1-6-49-31-20-26(14-15-30(31)50-22(2)3)36(51-35(46)37(38,39)40,43-29-19-24-16-17-42-33(41)28(24)18-23(29)4)34(45)44(5)21-25-10-7-8-13-32(25)52(47,48)27-11-9-12-27/h7-8,10,13-20,22,27,43H,6,9,11-12,21H2,1-5H3,(H2,41,42). The third-order valence-electron chi connectivity index (χ3n) is 8.77. The molecule has 0 radical (unpaired) electrons. The minimum absolute atomic E-state index is 0.00980. The number of amides is 1. The van der Waals surface area contributed by atoms with E-state index in [-0.39, 0.29) is 58.3 Å². The quantitative estimate of drug-likeness (QED) is 0.112. The summed E-state index contributed by atoms with van der Waals surface area (Å²) in [7, 11) is -2.48. The summed E-state index contributed by atoms with van der Waals surface area (Å²) in [6.07, 6.45) is -2.62. The molecule has 1 amide bonds. The van der Waals surface area contributed by atoms with Crippen molar-refractivity contribution in [1.29, 1.82) is 0 Å². The highest BCUT2D eigenvalue weighted by Crippen LogP contribution is 2.41. The van der Waals surface area contributed by atoms with Crippen molar-refractivity contribution in [3.05, 3.63) is 83.6 Å². The number of nitrogens with zero attached hydrogens (tertiary/aromatic N) is 2. The van der Waals surface area contributed by atoms with Gasteiger partial charge in [-0.3, -0.25) is 4.79 Å². The number of nitrogens with two attached hydrogens (primary N) is 1. The minimum Gasteiger partial charge on any atom is -0.490 e. The summed E-state index contributed by atoms with van der Waals surface area (Å²) in [5, 5.41) is 3.36. The number of halogens is 3. The van der Waals surface area contributed by atoms with E-state index in [2.05, 4.69) is 10.3 Å². The molecule has 5 rings (SSSR count). The number of carbonyl (C=O) groups excluding carboxylic acids is 2. The molecular formula is C37H41F3N4O7S. The Bertz CT molecular complexity index is 2090. The van der Waals surface area contributed by atoms with Crippen LogP contribution in [-0.2, 0) is 36.4 Å². The first-order valence-corrected chi connectivity index (χ1v) is 18.3. The Balaban J connectivity index is 1.72. The molecule has 1 heterocycles. The molecule has 15 heteroatoms. The smallest absolute Gasteiger partial charge is 0.490 e. The van der Waals surface area contributed by atoms with Gasteiger partial charge < -0.3 is 30.2 Å². The number of aromatic nitrogens is 1. The van der Waals surface area contributed by atoms with E-state index in [0.717, 1.165) is 11.3 Å². The zero-order valence-electron chi connectivity index (χ0n) is 29.4. The lowest BCUT2D eigenvalue weighted by Crippen LogP contribution is -2.55. The van der Waals surface area contributed by atoms with Crippen molar-refractivity contribution >= 4 is 44.0 Å². The van der Waals surface area contributed by atoms with E-state index in [4.69, 9.17) is 19.9 Å². The van der Waals surface area contributed by atoms with Crippen molar-refractivity contribution in [3.63, 3.8) is 0 Å². The number of carbonyl (C=O) groups is 2. The molecule has 52 heavy (non-hydrogen) atoms. The summed E-state index contributed by atoms with van der Waals surface area (Å²) in [4.78, 5) is 32.9. The number of benzene rings is 3. The first-order chi connectivity index (χ1) is 24.5. The molecular weight excluding hydrogens is 701 g/mol. The highest BCUT2D eigenvalue weighted by molar-refractivity contribution is 7.92. The number of rotatable bonds is 13. The predicted molar refractivity (Wildman–Crippen MR) is 189 cm³/mol. The van der Waals surface area contributed by atoms with E-state index in [1.165, 1.54) is 43.6 Å². The number of nitrogens with one attached hydrogen (secondary N) is 1. The monoisotopic (exact) mass is 742 g/mol. The first kappa shape index (κ1) is 38.2. The van der Waals surface area contributed by atoms with Gasteiger partial charge >= 0.3 is 12.1 Å². The zero-order valence-corrected chi connectivity index (χ0v) is 30.2. The van der Waals surface area contributed by atoms with Gasteiger partial charge in [0.25, 0.3) is 11.6 Å². The number of aryl methyl sites for hydroxylation is 1. The summed E-state index contributed by atoms with van der Waals surface area (Å²) in [6, 6.07) is 14.9. The number of anilines is 2. The maximum absolute atomic E-state index is 14.9. The van der Waals surface area contributed by atoms with Crippen LogP contribution in [0.3, 0.4) is 0 Å². The van der Waals surface area contributed by atoms with Gasteiger partial charge in [-0.1, -0.05) is 24.6 Å². The number of sulfone groups is 1. The van der Waals surface area contributed by atoms with Gasteiger partial charge in [0.15, 0.2) is 21.3 Å². The fourth-order valence-electron chi connectivity index (χ4n) is 5.97. The molecule has 0 saturated heterocycles. The normalized spacial score (nSPS) is 14.7. The molecule has 0 bridgehead atoms. The SMILES string of the molecule is CCOc1cc(C(Nc2cc3ccnc(N)c3cc2C)(OC(=O)C(F)(F)F)C(=O)N(C)Cc2ccccc2S(=O)(=O)C2CCC2)ccc1OC(C)C. The van der Waals surface area contributed by atoms with E-state index in [1.54, 1.807) is 58.0 Å². The second kappa shape index (κ2) is 14.9. The molecule has 1 aromatic heterocycles. The Labute approximate surface area is 300 Å². The Morgan fingerprint density at radius 3 is 2.40 bits per heavy atom. The number of pyridine rings is 1. The molecule has 1 unspecified atom stereocenters. The molecule has 0 spiro atoms. The van der Waals surface area contributed by atoms with E-state index in [9.17, 15) is 31.2 Å². The van der Waals surface area contributed by atoms with E-state index in [1.807, 2.05) is 0 Å². The molecule has 1 aliphatic carbocycles. The number of fused-ring (bicyclic) bond motifs is 1. The van der Waals surface area contributed by atoms with Crippen molar-refractivity contribution in [1.82, 2.24) is 9.88 Å². The third-order valence-corrected chi connectivity index (χ3v) is 11.1. The summed E-state index contributed by atoms with van der Waals surface area (Å²) >= 11 is 0. The van der Waals surface area contributed by atoms with Crippen molar-refractivity contribution in [2.45, 2.75) is 81.7 Å². The molecule has 278 valence electrons. The van der Waals surface area contributed by atoms with Crippen LogP contribution in [0.4, 0.5) is 24.7 Å². The number of likely N-dealkylation sites (N-methyl/N-ethyl adjacent to an activating group) is 1. The molecule has 3 N–H and O–H groups in total.